The molecule has 0 bridgehead atoms. The largest absolute Gasteiger partial charge is 0.295 e. The van der Waals surface area contributed by atoms with Crippen molar-refractivity contribution in [2.24, 2.45) is 11.3 Å². The van der Waals surface area contributed by atoms with Crippen LogP contribution in [0.1, 0.15) is 53.9 Å². The zero-order valence-electron chi connectivity index (χ0n) is 11.3. The van der Waals surface area contributed by atoms with Gasteiger partial charge in [0.1, 0.15) is 0 Å². The van der Waals surface area contributed by atoms with Crippen molar-refractivity contribution in [2.45, 2.75) is 53.9 Å². The van der Waals surface area contributed by atoms with Crippen LogP contribution in [-0.2, 0) is 4.79 Å². The van der Waals surface area contributed by atoms with Gasteiger partial charge in [-0.2, -0.15) is 0 Å². The van der Waals surface area contributed by atoms with Crippen LogP contribution in [0, 0.1) is 11.3 Å². The quantitative estimate of drug-likeness (QED) is 0.648. The molecule has 0 aromatic carbocycles. The first-order chi connectivity index (χ1) is 7.28. The molecule has 0 N–H and O–H groups in total. The smallest absolute Gasteiger partial charge is 0.156 e. The van der Waals surface area contributed by atoms with Crippen LogP contribution in [0.3, 0.4) is 0 Å². The summed E-state index contributed by atoms with van der Waals surface area (Å²) in [5, 5.41) is 0. The summed E-state index contributed by atoms with van der Waals surface area (Å²) in [6, 6.07) is 0. The number of carbonyl (C=O) groups is 1. The lowest BCUT2D eigenvalue weighted by atomic mass is 9.75. The number of carbonyl (C=O) groups excluding carboxylic acids is 1. The highest BCUT2D eigenvalue weighted by molar-refractivity contribution is 5.90. The van der Waals surface area contributed by atoms with Gasteiger partial charge in [-0.1, -0.05) is 39.3 Å². The minimum atomic E-state index is 0.270. The molecule has 0 saturated heterocycles. The van der Waals surface area contributed by atoms with Crippen molar-refractivity contribution in [3.05, 3.63) is 23.3 Å². The number of hydrogen-bond acceptors (Lipinski definition) is 1. The monoisotopic (exact) mass is 220 g/mol. The summed E-state index contributed by atoms with van der Waals surface area (Å²) < 4.78 is 0. The van der Waals surface area contributed by atoms with Gasteiger partial charge in [-0.15, -0.1) is 0 Å². The van der Waals surface area contributed by atoms with Crippen molar-refractivity contribution in [1.82, 2.24) is 0 Å². The summed E-state index contributed by atoms with van der Waals surface area (Å²) in [6.45, 7) is 10.9. The highest BCUT2D eigenvalue weighted by Crippen LogP contribution is 2.37. The molecular weight excluding hydrogens is 196 g/mol. The summed E-state index contributed by atoms with van der Waals surface area (Å²) in [7, 11) is 0. The lowest BCUT2D eigenvalue weighted by Gasteiger charge is -2.30. The Hall–Kier alpha value is -0.850. The first-order valence-electron chi connectivity index (χ1n) is 6.19. The topological polar surface area (TPSA) is 17.1 Å². The molecule has 0 radical (unpaired) electrons. The second-order valence-electron chi connectivity index (χ2n) is 6.29. The molecule has 0 heterocycles. The molecule has 0 fully saturated rings. The molecule has 0 aliphatic heterocycles. The average molecular weight is 220 g/mol. The SMILES string of the molecule is CC1=C/C(=C/C(=O)CC(C)C)CC(C)(C)C1. The lowest BCUT2D eigenvalue weighted by Crippen LogP contribution is -2.17. The molecular formula is C15H24O. The van der Waals surface area contributed by atoms with E-state index in [0.29, 0.717) is 17.8 Å². The van der Waals surface area contributed by atoms with Crippen LogP contribution < -0.4 is 0 Å². The standard InChI is InChI=1S/C15H24O/c1-11(2)6-14(16)8-13-7-12(3)9-15(4,5)10-13/h7-8,11H,6,9-10H2,1-5H3/b13-8-. The molecule has 90 valence electrons. The van der Waals surface area contributed by atoms with Crippen LogP contribution in [0.5, 0.6) is 0 Å². The third-order valence-electron chi connectivity index (χ3n) is 2.83. The van der Waals surface area contributed by atoms with Crippen LogP contribution >= 0.6 is 0 Å². The minimum Gasteiger partial charge on any atom is -0.295 e. The van der Waals surface area contributed by atoms with Crippen molar-refractivity contribution >= 4 is 5.78 Å². The molecule has 1 heteroatoms. The van der Waals surface area contributed by atoms with Gasteiger partial charge >= 0.3 is 0 Å². The lowest BCUT2D eigenvalue weighted by molar-refractivity contribution is -0.115. The third kappa shape index (κ3) is 4.34. The Morgan fingerprint density at radius 3 is 2.56 bits per heavy atom. The normalized spacial score (nSPS) is 22.4. The molecule has 0 unspecified atom stereocenters. The molecule has 1 nitrogen and oxygen atoms in total. The van der Waals surface area contributed by atoms with Crippen molar-refractivity contribution in [1.29, 1.82) is 0 Å². The number of ketones is 1. The average Bonchev–Trinajstić information content (AvgIpc) is 1.95. The minimum absolute atomic E-state index is 0.270. The fraction of sp³-hybridized carbons (Fsp3) is 0.667. The Morgan fingerprint density at radius 2 is 2.06 bits per heavy atom. The van der Waals surface area contributed by atoms with Crippen LogP contribution in [0.2, 0.25) is 0 Å². The molecule has 1 aliphatic rings. The molecule has 0 aromatic rings. The molecule has 0 saturated carbocycles. The van der Waals surface area contributed by atoms with Gasteiger partial charge in [0.25, 0.3) is 0 Å². The van der Waals surface area contributed by atoms with Gasteiger partial charge in [0.2, 0.25) is 0 Å². The molecule has 1 aliphatic carbocycles. The van der Waals surface area contributed by atoms with Crippen LogP contribution in [-0.4, -0.2) is 5.78 Å². The molecule has 0 spiro atoms. The fourth-order valence-corrected chi connectivity index (χ4v) is 2.55. The maximum Gasteiger partial charge on any atom is 0.156 e. The van der Waals surface area contributed by atoms with Gasteiger partial charge in [0.15, 0.2) is 5.78 Å². The van der Waals surface area contributed by atoms with E-state index in [-0.39, 0.29) is 5.78 Å². The maximum absolute atomic E-state index is 11.7. The Bertz CT molecular complexity index is 329. The molecule has 1 rings (SSSR count). The van der Waals surface area contributed by atoms with Crippen molar-refractivity contribution < 1.29 is 4.79 Å². The third-order valence-corrected chi connectivity index (χ3v) is 2.83. The van der Waals surface area contributed by atoms with Crippen LogP contribution in [0.15, 0.2) is 23.3 Å². The zero-order chi connectivity index (χ0) is 12.3. The fourth-order valence-electron chi connectivity index (χ4n) is 2.55. The van der Waals surface area contributed by atoms with E-state index in [1.807, 2.05) is 6.08 Å². The van der Waals surface area contributed by atoms with E-state index in [0.717, 1.165) is 12.8 Å². The Kier molecular flexibility index (Phi) is 4.12. The van der Waals surface area contributed by atoms with E-state index >= 15 is 0 Å². The zero-order valence-corrected chi connectivity index (χ0v) is 11.3. The summed E-state index contributed by atoms with van der Waals surface area (Å²) in [6.07, 6.45) is 6.86. The van der Waals surface area contributed by atoms with E-state index < -0.39 is 0 Å². The maximum atomic E-state index is 11.7. The molecule has 16 heavy (non-hydrogen) atoms. The van der Waals surface area contributed by atoms with Crippen LogP contribution in [0.25, 0.3) is 0 Å². The molecule has 0 amide bonds. The van der Waals surface area contributed by atoms with Gasteiger partial charge in [-0.25, -0.2) is 0 Å². The van der Waals surface area contributed by atoms with E-state index in [4.69, 9.17) is 0 Å². The Balaban J connectivity index is 2.77. The highest BCUT2D eigenvalue weighted by Gasteiger charge is 2.23. The summed E-state index contributed by atoms with van der Waals surface area (Å²) in [4.78, 5) is 11.7. The summed E-state index contributed by atoms with van der Waals surface area (Å²) in [5.41, 5.74) is 2.90. The van der Waals surface area contributed by atoms with Gasteiger partial charge in [0, 0.05) is 6.42 Å². The van der Waals surface area contributed by atoms with Gasteiger partial charge in [-0.3, -0.25) is 4.79 Å². The number of hydrogen-bond donors (Lipinski definition) is 0. The van der Waals surface area contributed by atoms with Gasteiger partial charge < -0.3 is 0 Å². The first kappa shape index (κ1) is 13.2. The summed E-state index contributed by atoms with van der Waals surface area (Å²) in [5.74, 6) is 0.720. The van der Waals surface area contributed by atoms with E-state index in [9.17, 15) is 4.79 Å². The predicted molar refractivity (Wildman–Crippen MR) is 69.3 cm³/mol. The van der Waals surface area contributed by atoms with Crippen LogP contribution in [0.4, 0.5) is 0 Å². The van der Waals surface area contributed by atoms with Crippen molar-refractivity contribution in [3.63, 3.8) is 0 Å². The van der Waals surface area contributed by atoms with E-state index in [1.54, 1.807) is 0 Å². The molecule has 0 atom stereocenters. The van der Waals surface area contributed by atoms with Gasteiger partial charge in [-0.05, 0) is 42.7 Å². The van der Waals surface area contributed by atoms with E-state index in [2.05, 4.69) is 40.7 Å². The highest BCUT2D eigenvalue weighted by atomic mass is 16.1. The van der Waals surface area contributed by atoms with Crippen molar-refractivity contribution in [2.75, 3.05) is 0 Å². The number of rotatable bonds is 3. The first-order valence-corrected chi connectivity index (χ1v) is 6.19. The number of allylic oxidation sites excluding steroid dienone is 4. The molecule has 0 aromatic heterocycles. The Morgan fingerprint density at radius 1 is 1.44 bits per heavy atom. The summed E-state index contributed by atoms with van der Waals surface area (Å²) >= 11 is 0. The predicted octanol–water partition coefficient (Wildman–Crippen LogP) is 4.29. The second kappa shape index (κ2) is 4.99. The Labute approximate surface area is 99.6 Å². The van der Waals surface area contributed by atoms with Gasteiger partial charge in [0.05, 0.1) is 0 Å². The van der Waals surface area contributed by atoms with Crippen molar-refractivity contribution in [3.8, 4) is 0 Å². The van der Waals surface area contributed by atoms with E-state index in [1.165, 1.54) is 11.1 Å². The second-order valence-corrected chi connectivity index (χ2v) is 6.29.